The van der Waals surface area contributed by atoms with Gasteiger partial charge in [0.25, 0.3) is 5.91 Å². The van der Waals surface area contributed by atoms with Crippen LogP contribution < -0.4 is 16.4 Å². The van der Waals surface area contributed by atoms with Gasteiger partial charge in [0.2, 0.25) is 0 Å². The van der Waals surface area contributed by atoms with E-state index in [1.807, 2.05) is 37.3 Å². The van der Waals surface area contributed by atoms with Gasteiger partial charge in [0.05, 0.1) is 16.9 Å². The largest absolute Gasteiger partial charge is 0.367 e. The minimum atomic E-state index is -0.444. The summed E-state index contributed by atoms with van der Waals surface area (Å²) in [5.41, 5.74) is 14.6. The number of nitrogens with two attached hydrogens (primary N) is 2. The molecule has 1 saturated heterocycles. The van der Waals surface area contributed by atoms with Gasteiger partial charge in [-0.25, -0.2) is 0 Å². The van der Waals surface area contributed by atoms with E-state index < -0.39 is 5.91 Å². The number of nitrogens with zero attached hydrogens (tertiary/aromatic N) is 2. The van der Waals surface area contributed by atoms with Crippen molar-refractivity contribution in [3.05, 3.63) is 48.2 Å². The van der Waals surface area contributed by atoms with Crippen LogP contribution in [0, 0.1) is 0 Å². The predicted molar refractivity (Wildman–Crippen MR) is 87.6 cm³/mol. The van der Waals surface area contributed by atoms with Gasteiger partial charge in [0, 0.05) is 30.4 Å². The molecule has 114 valence electrons. The van der Waals surface area contributed by atoms with Gasteiger partial charge in [0.1, 0.15) is 0 Å². The molecule has 4 N–H and O–H groups in total. The van der Waals surface area contributed by atoms with Crippen LogP contribution in [0.25, 0.3) is 11.3 Å². The van der Waals surface area contributed by atoms with Crippen LogP contribution in [0.5, 0.6) is 0 Å². The second-order valence-electron chi connectivity index (χ2n) is 6.11. The van der Waals surface area contributed by atoms with Crippen molar-refractivity contribution in [2.24, 2.45) is 11.5 Å². The molecule has 5 nitrogen and oxygen atoms in total. The topological polar surface area (TPSA) is 85.2 Å². The molecule has 0 radical (unpaired) electrons. The van der Waals surface area contributed by atoms with Crippen molar-refractivity contribution in [3.63, 3.8) is 0 Å². The number of carbonyl (C=O) groups excluding carboxylic acids is 1. The quantitative estimate of drug-likeness (QED) is 0.904. The highest BCUT2D eigenvalue weighted by Crippen LogP contribution is 2.35. The first-order valence-electron chi connectivity index (χ1n) is 7.36. The minimum Gasteiger partial charge on any atom is -0.367 e. The van der Waals surface area contributed by atoms with Gasteiger partial charge in [-0.1, -0.05) is 30.3 Å². The highest BCUT2D eigenvalue weighted by Gasteiger charge is 2.33. The molecule has 1 aliphatic rings. The molecule has 1 atom stereocenters. The summed E-state index contributed by atoms with van der Waals surface area (Å²) in [5, 5.41) is 0. The van der Waals surface area contributed by atoms with Crippen molar-refractivity contribution in [2.45, 2.75) is 18.9 Å². The van der Waals surface area contributed by atoms with Gasteiger partial charge in [-0.05, 0) is 19.4 Å². The molecule has 22 heavy (non-hydrogen) atoms. The van der Waals surface area contributed by atoms with Gasteiger partial charge in [-0.15, -0.1) is 0 Å². The summed E-state index contributed by atoms with van der Waals surface area (Å²) in [6, 6.07) is 11.5. The highest BCUT2D eigenvalue weighted by molar-refractivity contribution is 6.02. The lowest BCUT2D eigenvalue weighted by atomic mass is 10.0. The number of amides is 1. The zero-order valence-electron chi connectivity index (χ0n) is 12.6. The smallest absolute Gasteiger partial charge is 0.250 e. The number of benzene rings is 1. The van der Waals surface area contributed by atoms with E-state index in [2.05, 4.69) is 9.88 Å². The van der Waals surface area contributed by atoms with Crippen molar-refractivity contribution >= 4 is 11.6 Å². The fourth-order valence-electron chi connectivity index (χ4n) is 2.96. The molecule has 0 spiro atoms. The predicted octanol–water partition coefficient (Wildman–Crippen LogP) is 1.78. The van der Waals surface area contributed by atoms with Gasteiger partial charge >= 0.3 is 0 Å². The zero-order chi connectivity index (χ0) is 15.7. The minimum absolute atomic E-state index is 0.265. The third-order valence-electron chi connectivity index (χ3n) is 4.06. The number of carbonyl (C=O) groups is 1. The number of pyridine rings is 1. The van der Waals surface area contributed by atoms with E-state index in [0.717, 1.165) is 29.9 Å². The van der Waals surface area contributed by atoms with Crippen LogP contribution in [0.15, 0.2) is 42.6 Å². The summed E-state index contributed by atoms with van der Waals surface area (Å²) in [7, 11) is 0. The molecule has 5 heteroatoms. The average molecular weight is 296 g/mol. The summed E-state index contributed by atoms with van der Waals surface area (Å²) in [5.74, 6) is -0.444. The fourth-order valence-corrected chi connectivity index (χ4v) is 2.96. The zero-order valence-corrected chi connectivity index (χ0v) is 12.6. The van der Waals surface area contributed by atoms with Crippen LogP contribution >= 0.6 is 0 Å². The first-order chi connectivity index (χ1) is 10.5. The van der Waals surface area contributed by atoms with E-state index in [0.29, 0.717) is 12.1 Å². The van der Waals surface area contributed by atoms with E-state index in [1.54, 1.807) is 12.3 Å². The highest BCUT2D eigenvalue weighted by atomic mass is 16.1. The van der Waals surface area contributed by atoms with Gasteiger partial charge in [-0.3, -0.25) is 9.78 Å². The molecule has 0 bridgehead atoms. The Balaban J connectivity index is 2.15. The normalized spacial score (nSPS) is 21.1. The van der Waals surface area contributed by atoms with Gasteiger partial charge in [0.15, 0.2) is 0 Å². The Morgan fingerprint density at radius 3 is 2.59 bits per heavy atom. The Morgan fingerprint density at radius 2 is 2.00 bits per heavy atom. The second-order valence-corrected chi connectivity index (χ2v) is 6.11. The van der Waals surface area contributed by atoms with Crippen molar-refractivity contribution < 1.29 is 4.79 Å². The molecule has 1 fully saturated rings. The Labute approximate surface area is 129 Å². The number of aromatic nitrogens is 1. The number of rotatable bonds is 3. The lowest BCUT2D eigenvalue weighted by Crippen LogP contribution is -2.39. The van der Waals surface area contributed by atoms with E-state index in [-0.39, 0.29) is 5.54 Å². The molecule has 3 rings (SSSR count). The van der Waals surface area contributed by atoms with Crippen molar-refractivity contribution in [2.75, 3.05) is 18.0 Å². The van der Waals surface area contributed by atoms with Crippen molar-refractivity contribution in [3.8, 4) is 11.3 Å². The average Bonchev–Trinajstić information content (AvgIpc) is 2.87. The third-order valence-corrected chi connectivity index (χ3v) is 4.06. The van der Waals surface area contributed by atoms with Crippen LogP contribution in [0.4, 0.5) is 5.69 Å². The molecular formula is C17H20N4O. The number of hydrogen-bond donors (Lipinski definition) is 2. The van der Waals surface area contributed by atoms with Gasteiger partial charge < -0.3 is 16.4 Å². The summed E-state index contributed by atoms with van der Waals surface area (Å²) in [4.78, 5) is 18.5. The molecule has 2 heterocycles. The number of hydrogen-bond acceptors (Lipinski definition) is 4. The second kappa shape index (κ2) is 5.42. The first kappa shape index (κ1) is 14.5. The summed E-state index contributed by atoms with van der Waals surface area (Å²) in [6.07, 6.45) is 2.50. The maximum Gasteiger partial charge on any atom is 0.250 e. The molecule has 1 amide bonds. The first-order valence-corrected chi connectivity index (χ1v) is 7.36. The summed E-state index contributed by atoms with van der Waals surface area (Å²) in [6.45, 7) is 3.49. The van der Waals surface area contributed by atoms with E-state index in [4.69, 9.17) is 11.5 Å². The number of primary amides is 1. The molecule has 1 unspecified atom stereocenters. The monoisotopic (exact) mass is 296 g/mol. The Morgan fingerprint density at radius 1 is 1.27 bits per heavy atom. The maximum absolute atomic E-state index is 11.9. The Bertz CT molecular complexity index is 697. The molecule has 0 saturated carbocycles. The van der Waals surface area contributed by atoms with Gasteiger partial charge in [-0.2, -0.15) is 0 Å². The van der Waals surface area contributed by atoms with Crippen molar-refractivity contribution in [1.29, 1.82) is 0 Å². The van der Waals surface area contributed by atoms with E-state index >= 15 is 0 Å². The van der Waals surface area contributed by atoms with E-state index in [9.17, 15) is 4.79 Å². The SMILES string of the molecule is CC1(N)CCN(c2c(C(N)=O)ccnc2-c2ccccc2)C1. The van der Waals surface area contributed by atoms with Crippen molar-refractivity contribution in [1.82, 2.24) is 4.98 Å². The summed E-state index contributed by atoms with van der Waals surface area (Å²) < 4.78 is 0. The van der Waals surface area contributed by atoms with Crippen LogP contribution in [0.2, 0.25) is 0 Å². The Kier molecular flexibility index (Phi) is 3.58. The molecule has 1 aromatic heterocycles. The van der Waals surface area contributed by atoms with Crippen LogP contribution in [0.1, 0.15) is 23.7 Å². The lowest BCUT2D eigenvalue weighted by molar-refractivity contribution is 0.100. The van der Waals surface area contributed by atoms with E-state index in [1.165, 1.54) is 0 Å². The fraction of sp³-hybridized carbons (Fsp3) is 0.294. The molecule has 1 aliphatic heterocycles. The third kappa shape index (κ3) is 2.67. The molecule has 1 aromatic carbocycles. The molecule has 2 aromatic rings. The standard InChI is InChI=1S/C17H20N4O/c1-17(19)8-10-21(11-17)15-13(16(18)22)7-9-20-14(15)12-5-3-2-4-6-12/h2-7,9H,8,10-11,19H2,1H3,(H2,18,22). The maximum atomic E-state index is 11.9. The Hall–Kier alpha value is -2.40. The van der Waals surface area contributed by atoms with Crippen LogP contribution in [-0.2, 0) is 0 Å². The summed E-state index contributed by atoms with van der Waals surface area (Å²) >= 11 is 0. The molecular weight excluding hydrogens is 276 g/mol. The number of anilines is 1. The van der Waals surface area contributed by atoms with Crippen LogP contribution in [0.3, 0.4) is 0 Å². The lowest BCUT2D eigenvalue weighted by Gasteiger charge is -2.25. The molecule has 0 aliphatic carbocycles. The van der Waals surface area contributed by atoms with Crippen LogP contribution in [-0.4, -0.2) is 29.5 Å².